The van der Waals surface area contributed by atoms with Gasteiger partial charge in [0.15, 0.2) is 0 Å². The molecule has 4 rings (SSSR count). The van der Waals surface area contributed by atoms with Crippen molar-refractivity contribution in [1.29, 1.82) is 0 Å². The summed E-state index contributed by atoms with van der Waals surface area (Å²) < 4.78 is 10.6. The van der Waals surface area contributed by atoms with E-state index in [2.05, 4.69) is 37.2 Å². The van der Waals surface area contributed by atoms with Crippen LogP contribution < -0.4 is 48.7 Å². The topological polar surface area (TPSA) is 363 Å². The van der Waals surface area contributed by atoms with Gasteiger partial charge in [-0.05, 0) is 86.2 Å². The minimum atomic E-state index is -1.59. The Morgan fingerprint density at radius 1 is 0.613 bits per heavy atom. The molecule has 0 saturated carbocycles. The summed E-state index contributed by atoms with van der Waals surface area (Å²) in [6.45, 7) is 5.12. The Hall–Kier alpha value is -7.70. The van der Waals surface area contributed by atoms with Crippen LogP contribution in [-0.4, -0.2) is 144 Å². The fourth-order valence-corrected chi connectivity index (χ4v) is 9.21. The van der Waals surface area contributed by atoms with Crippen molar-refractivity contribution in [3.8, 4) is 11.1 Å². The lowest BCUT2D eigenvalue weighted by atomic mass is 9.98. The zero-order chi connectivity index (χ0) is 58.7. The number of hydrogen-bond acceptors (Lipinski definition) is 16. The first kappa shape index (κ1) is 64.8. The zero-order valence-corrected chi connectivity index (χ0v) is 46.4. The maximum atomic E-state index is 13.9. The van der Waals surface area contributed by atoms with Crippen molar-refractivity contribution < 1.29 is 67.3 Å². The highest BCUT2D eigenvalue weighted by Crippen LogP contribution is 2.44. The second-order valence-corrected chi connectivity index (χ2v) is 20.6. The van der Waals surface area contributed by atoms with Gasteiger partial charge in [-0.25, -0.2) is 4.79 Å². The molecule has 0 aromatic heterocycles. The average Bonchev–Trinajstić information content (AvgIpc) is 3.83. The summed E-state index contributed by atoms with van der Waals surface area (Å²) in [5, 5.41) is 27.3. The number of fused-ring (bicyclic) bond motifs is 3. The predicted molar refractivity (Wildman–Crippen MR) is 297 cm³/mol. The highest BCUT2D eigenvalue weighted by atomic mass is 32.2. The third-order valence-corrected chi connectivity index (χ3v) is 13.8. The van der Waals surface area contributed by atoms with Crippen LogP contribution in [0, 0.1) is 5.92 Å². The number of aliphatic hydroxyl groups is 1. The van der Waals surface area contributed by atoms with Crippen molar-refractivity contribution in [2.75, 3.05) is 38.7 Å². The molecule has 23 nitrogen and oxygen atoms in total. The van der Waals surface area contributed by atoms with Crippen molar-refractivity contribution in [3.05, 3.63) is 95.6 Å². The number of nitrogens with two attached hydrogens (primary N) is 2. The molecule has 0 heterocycles. The molecular weight excluding hydrogens is 1050 g/mol. The number of nitrogens with one attached hydrogen (secondary N) is 7. The van der Waals surface area contributed by atoms with E-state index in [-0.39, 0.29) is 81.5 Å². The van der Waals surface area contributed by atoms with Gasteiger partial charge in [-0.15, -0.1) is 0 Å². The Bertz CT molecular complexity index is 2590. The van der Waals surface area contributed by atoms with Crippen molar-refractivity contribution in [3.63, 3.8) is 0 Å². The number of esters is 1. The molecule has 80 heavy (non-hydrogen) atoms. The molecule has 0 spiro atoms. The summed E-state index contributed by atoms with van der Waals surface area (Å²) in [5.41, 5.74) is 15.5. The SMILES string of the molecule is CC(C)C[C@H](NC(=O)[C@H](CCCCN)NC(=O)[C@H](C)NC(=O)OCC1c2ccccc2-c2ccccc21)C(=O)NCC(=O)N[C@@H](Cc1ccccc1)C(=O)N[C@@H](CO)C(=O)N[C@@H](C)C(=O)SCC(=O)CCCOC(=O)CCC(N)=O. The van der Waals surface area contributed by atoms with E-state index in [0.717, 1.165) is 22.3 Å². The van der Waals surface area contributed by atoms with Crippen molar-refractivity contribution >= 4 is 76.1 Å². The lowest BCUT2D eigenvalue weighted by Crippen LogP contribution is -2.58. The summed E-state index contributed by atoms with van der Waals surface area (Å²) in [7, 11) is 0. The van der Waals surface area contributed by atoms with Gasteiger partial charge in [-0.3, -0.25) is 47.9 Å². The van der Waals surface area contributed by atoms with E-state index < -0.39 is 108 Å². The number of ketones is 1. The van der Waals surface area contributed by atoms with Gasteiger partial charge in [0.05, 0.1) is 38.0 Å². The number of unbranched alkanes of at least 4 members (excludes halogenated alkanes) is 1. The summed E-state index contributed by atoms with van der Waals surface area (Å²) >= 11 is 0.636. The number of primary amides is 1. The molecule has 1 aliphatic carbocycles. The van der Waals surface area contributed by atoms with Crippen LogP contribution in [0.4, 0.5) is 4.79 Å². The van der Waals surface area contributed by atoms with Crippen LogP contribution in [0.5, 0.6) is 0 Å². The highest BCUT2D eigenvalue weighted by Gasteiger charge is 2.33. The van der Waals surface area contributed by atoms with Gasteiger partial charge in [-0.2, -0.15) is 0 Å². The number of amides is 8. The van der Waals surface area contributed by atoms with Crippen molar-refractivity contribution in [1.82, 2.24) is 37.2 Å². The number of aliphatic hydroxyl groups excluding tert-OH is 1. The Morgan fingerprint density at radius 3 is 1.84 bits per heavy atom. The summed E-state index contributed by atoms with van der Waals surface area (Å²) in [6.07, 6.45) is 0.108. The first-order chi connectivity index (χ1) is 38.2. The van der Waals surface area contributed by atoms with Gasteiger partial charge in [0.1, 0.15) is 42.6 Å². The molecule has 3 aromatic carbocycles. The molecule has 3 aromatic rings. The van der Waals surface area contributed by atoms with E-state index in [4.69, 9.17) is 20.9 Å². The number of carbonyl (C=O) groups is 11. The number of benzene rings is 3. The van der Waals surface area contributed by atoms with Gasteiger partial charge in [-0.1, -0.05) is 104 Å². The average molecular weight is 1130 g/mol. The number of alkyl carbamates (subject to hydrolysis) is 1. The summed E-state index contributed by atoms with van der Waals surface area (Å²) in [6, 6.07) is 16.7. The molecule has 0 bridgehead atoms. The number of Topliss-reactive ketones (excluding diaryl/α,β-unsaturated/α-hetero) is 1. The van der Waals surface area contributed by atoms with Gasteiger partial charge in [0.25, 0.3) is 0 Å². The van der Waals surface area contributed by atoms with E-state index in [1.165, 1.54) is 13.8 Å². The number of carbonyl (C=O) groups excluding carboxylic acids is 11. The molecule has 1 aliphatic rings. The van der Waals surface area contributed by atoms with Gasteiger partial charge < -0.3 is 63.3 Å². The van der Waals surface area contributed by atoms with Crippen LogP contribution in [0.25, 0.3) is 11.1 Å². The maximum absolute atomic E-state index is 13.9. The first-order valence-electron chi connectivity index (χ1n) is 26.6. The Kier molecular flexibility index (Phi) is 27.3. The van der Waals surface area contributed by atoms with E-state index in [1.54, 1.807) is 30.3 Å². The molecule has 0 unspecified atom stereocenters. The third kappa shape index (κ3) is 21.9. The smallest absolute Gasteiger partial charge is 0.407 e. The van der Waals surface area contributed by atoms with Crippen LogP contribution in [0.1, 0.15) is 102 Å². The molecular formula is C56H75N9O14S. The van der Waals surface area contributed by atoms with Gasteiger partial charge in [0, 0.05) is 25.2 Å². The van der Waals surface area contributed by atoms with Gasteiger partial charge in [0.2, 0.25) is 46.5 Å². The predicted octanol–water partition coefficient (Wildman–Crippen LogP) is 1.30. The Morgan fingerprint density at radius 2 is 1.21 bits per heavy atom. The third-order valence-electron chi connectivity index (χ3n) is 12.7. The molecule has 12 N–H and O–H groups in total. The molecule has 8 amide bonds. The quantitative estimate of drug-likeness (QED) is 0.0298. The molecule has 0 saturated heterocycles. The molecule has 24 heteroatoms. The Labute approximate surface area is 469 Å². The molecule has 0 fully saturated rings. The van der Waals surface area contributed by atoms with Crippen LogP contribution in [0.15, 0.2) is 78.9 Å². The number of thioether (sulfide) groups is 1. The second kappa shape index (κ2) is 33.7. The molecule has 434 valence electrons. The van der Waals surface area contributed by atoms with E-state index >= 15 is 0 Å². The lowest BCUT2D eigenvalue weighted by molar-refractivity contribution is -0.145. The van der Waals surface area contributed by atoms with Crippen molar-refractivity contribution in [2.45, 2.75) is 128 Å². The fourth-order valence-electron chi connectivity index (χ4n) is 8.45. The van der Waals surface area contributed by atoms with Crippen LogP contribution >= 0.6 is 11.8 Å². The van der Waals surface area contributed by atoms with Crippen molar-refractivity contribution in [2.24, 2.45) is 17.4 Å². The first-order valence-corrected chi connectivity index (χ1v) is 27.6. The number of hydrogen-bond donors (Lipinski definition) is 10. The minimum absolute atomic E-state index is 0.0118. The maximum Gasteiger partial charge on any atom is 0.407 e. The standard InChI is InChI=1S/C56H75N9O14S/c1-33(2)27-44(64-52(73)43(22-12-13-25-57)63-50(71)34(3)61-56(77)79-31-42-40-20-10-8-18-38(40)39-19-9-11-21-41(39)42)51(72)59-29-48(69)62-45(28-36-15-6-5-7-16-36)53(74)65-46(30-66)54(75)60-35(4)55(76)80-32-37(67)17-14-26-78-49(70)24-23-47(58)68/h5-11,15-16,18-21,33-35,42-46,66H,12-14,17,22-32,57H2,1-4H3,(H2,58,68)(H,59,72)(H,60,75)(H,61,77)(H,62,69)(H,63,71)(H,64,73)(H,65,74)/t34-,35-,43-,44-,45-,46-/m0/s1. The van der Waals surface area contributed by atoms with Crippen LogP contribution in [0.3, 0.4) is 0 Å². The monoisotopic (exact) mass is 1130 g/mol. The van der Waals surface area contributed by atoms with E-state index in [9.17, 15) is 57.8 Å². The largest absolute Gasteiger partial charge is 0.466 e. The Balaban J connectivity index is 1.31. The van der Waals surface area contributed by atoms with Gasteiger partial charge >= 0.3 is 12.1 Å². The normalized spacial score (nSPS) is 13.8. The molecule has 0 radical (unpaired) electrons. The van der Waals surface area contributed by atoms with E-state index in [0.29, 0.717) is 36.7 Å². The summed E-state index contributed by atoms with van der Waals surface area (Å²) in [5.74, 6) is -7.02. The minimum Gasteiger partial charge on any atom is -0.466 e. The molecule has 6 atom stereocenters. The number of rotatable bonds is 34. The highest BCUT2D eigenvalue weighted by molar-refractivity contribution is 8.14. The van der Waals surface area contributed by atoms with Crippen LogP contribution in [0.2, 0.25) is 0 Å². The zero-order valence-electron chi connectivity index (χ0n) is 45.5. The molecule has 0 aliphatic heterocycles. The van der Waals surface area contributed by atoms with E-state index in [1.807, 2.05) is 62.4 Å². The fraction of sp³-hybridized carbons (Fsp3) is 0.482. The number of ether oxygens (including phenoxy) is 2. The van der Waals surface area contributed by atoms with Crippen LogP contribution in [-0.2, 0) is 63.8 Å². The lowest BCUT2D eigenvalue weighted by Gasteiger charge is -2.25. The second-order valence-electron chi connectivity index (χ2n) is 19.7. The summed E-state index contributed by atoms with van der Waals surface area (Å²) in [4.78, 5) is 142.